The normalized spacial score (nSPS) is 11.6. The van der Waals surface area contributed by atoms with Crippen LogP contribution in [0, 0.1) is 0 Å². The van der Waals surface area contributed by atoms with Gasteiger partial charge in [-0.1, -0.05) is 54.6 Å². The maximum atomic E-state index is 11.0. The second-order valence-electron chi connectivity index (χ2n) is 5.90. The van der Waals surface area contributed by atoms with Crippen molar-refractivity contribution in [1.29, 1.82) is 0 Å². The Hall–Kier alpha value is -2.98. The molecule has 4 heteroatoms. The minimum atomic E-state index is -0.172. The van der Waals surface area contributed by atoms with E-state index in [1.165, 1.54) is 13.0 Å². The Kier molecular flexibility index (Phi) is 5.21. The molecule has 25 heavy (non-hydrogen) atoms. The molecule has 0 aliphatic heterocycles. The summed E-state index contributed by atoms with van der Waals surface area (Å²) in [6, 6.07) is 20.3. The van der Waals surface area contributed by atoms with Gasteiger partial charge in [0.25, 0.3) is 0 Å². The molecule has 0 aliphatic rings. The molecular weight excluding hydrogens is 312 g/mol. The Morgan fingerprint density at radius 3 is 2.60 bits per heavy atom. The molecule has 0 fully saturated rings. The summed E-state index contributed by atoms with van der Waals surface area (Å²) in [5.41, 5.74) is 2.90. The third-order valence-corrected chi connectivity index (χ3v) is 3.82. The van der Waals surface area contributed by atoms with Crippen LogP contribution in [0.1, 0.15) is 12.6 Å². The van der Waals surface area contributed by atoms with Gasteiger partial charge in [0, 0.05) is 23.6 Å². The van der Waals surface area contributed by atoms with Gasteiger partial charge in [-0.2, -0.15) is 0 Å². The molecule has 0 bridgehead atoms. The van der Waals surface area contributed by atoms with Gasteiger partial charge in [-0.25, -0.2) is 0 Å². The SMILES string of the molecule is CC(=O)C=C(O)CNCc1cc2ccccc2c(-c2ccccc2)n1. The van der Waals surface area contributed by atoms with E-state index < -0.39 is 0 Å². The molecule has 3 rings (SSSR count). The van der Waals surface area contributed by atoms with Crippen LogP contribution in [0.2, 0.25) is 0 Å². The maximum Gasteiger partial charge on any atom is 0.155 e. The van der Waals surface area contributed by atoms with E-state index in [0.29, 0.717) is 6.54 Å². The molecule has 0 atom stereocenters. The summed E-state index contributed by atoms with van der Waals surface area (Å²) in [5, 5.41) is 15.0. The van der Waals surface area contributed by atoms with Crippen molar-refractivity contribution < 1.29 is 9.90 Å². The van der Waals surface area contributed by atoms with Gasteiger partial charge < -0.3 is 10.4 Å². The zero-order chi connectivity index (χ0) is 17.6. The van der Waals surface area contributed by atoms with Crippen molar-refractivity contribution in [3.05, 3.63) is 78.2 Å². The molecule has 1 heterocycles. The monoisotopic (exact) mass is 332 g/mol. The van der Waals surface area contributed by atoms with Gasteiger partial charge in [-0.15, -0.1) is 0 Å². The Morgan fingerprint density at radius 1 is 1.12 bits per heavy atom. The fourth-order valence-corrected chi connectivity index (χ4v) is 2.77. The molecule has 4 nitrogen and oxygen atoms in total. The number of pyridine rings is 1. The van der Waals surface area contributed by atoms with Gasteiger partial charge in [-0.05, 0) is 18.4 Å². The number of aliphatic hydroxyl groups excluding tert-OH is 1. The van der Waals surface area contributed by atoms with Crippen molar-refractivity contribution in [2.24, 2.45) is 0 Å². The number of carbonyl (C=O) groups is 1. The topological polar surface area (TPSA) is 62.2 Å². The van der Waals surface area contributed by atoms with Gasteiger partial charge >= 0.3 is 0 Å². The van der Waals surface area contributed by atoms with Crippen LogP contribution in [-0.4, -0.2) is 22.4 Å². The number of carbonyl (C=O) groups excluding carboxylic acids is 1. The highest BCUT2D eigenvalue weighted by atomic mass is 16.3. The fourth-order valence-electron chi connectivity index (χ4n) is 2.77. The summed E-state index contributed by atoms with van der Waals surface area (Å²) in [6.07, 6.45) is 1.22. The summed E-state index contributed by atoms with van der Waals surface area (Å²) >= 11 is 0. The van der Waals surface area contributed by atoms with Crippen molar-refractivity contribution in [1.82, 2.24) is 10.3 Å². The van der Waals surface area contributed by atoms with Gasteiger partial charge in [0.1, 0.15) is 5.76 Å². The lowest BCUT2D eigenvalue weighted by Gasteiger charge is -2.10. The zero-order valence-electron chi connectivity index (χ0n) is 14.1. The molecule has 1 aromatic heterocycles. The van der Waals surface area contributed by atoms with E-state index in [-0.39, 0.29) is 18.1 Å². The van der Waals surface area contributed by atoms with Crippen molar-refractivity contribution in [3.8, 4) is 11.3 Å². The smallest absolute Gasteiger partial charge is 0.155 e. The summed E-state index contributed by atoms with van der Waals surface area (Å²) in [4.78, 5) is 15.8. The number of aromatic nitrogens is 1. The van der Waals surface area contributed by atoms with Crippen LogP contribution < -0.4 is 5.32 Å². The maximum absolute atomic E-state index is 11.0. The van der Waals surface area contributed by atoms with Crippen molar-refractivity contribution in [3.63, 3.8) is 0 Å². The number of rotatable bonds is 6. The summed E-state index contributed by atoms with van der Waals surface area (Å²) in [6.45, 7) is 2.14. The van der Waals surface area contributed by atoms with E-state index in [9.17, 15) is 9.90 Å². The number of ketones is 1. The number of fused-ring (bicyclic) bond motifs is 1. The average Bonchev–Trinajstić information content (AvgIpc) is 2.61. The molecule has 0 unspecified atom stereocenters. The number of nitrogens with one attached hydrogen (secondary N) is 1. The minimum Gasteiger partial charge on any atom is -0.511 e. The van der Waals surface area contributed by atoms with Crippen LogP contribution in [0.3, 0.4) is 0 Å². The van der Waals surface area contributed by atoms with Crippen LogP contribution >= 0.6 is 0 Å². The Labute approximate surface area is 146 Å². The Morgan fingerprint density at radius 2 is 1.84 bits per heavy atom. The highest BCUT2D eigenvalue weighted by Crippen LogP contribution is 2.27. The third kappa shape index (κ3) is 4.31. The molecule has 2 N–H and O–H groups in total. The molecule has 2 aromatic carbocycles. The molecule has 0 radical (unpaired) electrons. The summed E-state index contributed by atoms with van der Waals surface area (Å²) in [5.74, 6) is -0.147. The Bertz CT molecular complexity index is 918. The van der Waals surface area contributed by atoms with Crippen LogP contribution in [0.5, 0.6) is 0 Å². The molecule has 0 saturated heterocycles. The van der Waals surface area contributed by atoms with E-state index in [2.05, 4.69) is 17.4 Å². The van der Waals surface area contributed by atoms with Crippen LogP contribution in [-0.2, 0) is 11.3 Å². The molecule has 126 valence electrons. The van der Waals surface area contributed by atoms with Gasteiger partial charge in [-0.3, -0.25) is 9.78 Å². The molecule has 0 amide bonds. The largest absolute Gasteiger partial charge is 0.511 e. The number of hydrogen-bond acceptors (Lipinski definition) is 4. The highest BCUT2D eigenvalue weighted by molar-refractivity contribution is 5.94. The number of benzene rings is 2. The second-order valence-corrected chi connectivity index (χ2v) is 5.90. The molecule has 0 saturated carbocycles. The Balaban J connectivity index is 1.88. The van der Waals surface area contributed by atoms with Crippen molar-refractivity contribution >= 4 is 16.6 Å². The van der Waals surface area contributed by atoms with E-state index in [4.69, 9.17) is 4.98 Å². The number of aliphatic hydroxyl groups is 1. The number of allylic oxidation sites excluding steroid dienone is 1. The van der Waals surface area contributed by atoms with E-state index in [1.54, 1.807) is 0 Å². The first-order chi connectivity index (χ1) is 12.1. The standard InChI is InChI=1S/C21H20N2O2/c1-15(24)11-19(25)14-22-13-18-12-17-9-5-6-10-20(17)21(23-18)16-7-3-2-4-8-16/h2-12,22,25H,13-14H2,1H3. The van der Waals surface area contributed by atoms with Crippen LogP contribution in [0.25, 0.3) is 22.0 Å². The van der Waals surface area contributed by atoms with Gasteiger partial charge in [0.15, 0.2) is 5.78 Å². The quantitative estimate of drug-likeness (QED) is 0.528. The van der Waals surface area contributed by atoms with Crippen molar-refractivity contribution in [2.75, 3.05) is 6.54 Å². The van der Waals surface area contributed by atoms with Crippen LogP contribution in [0.15, 0.2) is 72.5 Å². The molecule has 0 aliphatic carbocycles. The lowest BCUT2D eigenvalue weighted by atomic mass is 10.0. The van der Waals surface area contributed by atoms with E-state index in [0.717, 1.165) is 27.7 Å². The first-order valence-electron chi connectivity index (χ1n) is 8.18. The minimum absolute atomic E-state index is 0.0246. The fraction of sp³-hybridized carbons (Fsp3) is 0.143. The summed E-state index contributed by atoms with van der Waals surface area (Å²) < 4.78 is 0. The highest BCUT2D eigenvalue weighted by Gasteiger charge is 2.08. The first kappa shape index (κ1) is 16.9. The predicted molar refractivity (Wildman–Crippen MR) is 100 cm³/mol. The molecular formula is C21H20N2O2. The van der Waals surface area contributed by atoms with E-state index >= 15 is 0 Å². The second kappa shape index (κ2) is 7.73. The molecule has 0 spiro atoms. The van der Waals surface area contributed by atoms with Gasteiger partial charge in [0.05, 0.1) is 17.9 Å². The number of nitrogens with zero attached hydrogens (tertiary/aromatic N) is 1. The number of hydrogen-bond donors (Lipinski definition) is 2. The van der Waals surface area contributed by atoms with Crippen molar-refractivity contribution in [2.45, 2.75) is 13.5 Å². The summed E-state index contributed by atoms with van der Waals surface area (Å²) in [7, 11) is 0. The lowest BCUT2D eigenvalue weighted by Crippen LogP contribution is -2.18. The third-order valence-electron chi connectivity index (χ3n) is 3.82. The predicted octanol–water partition coefficient (Wildman–Crippen LogP) is 4.02. The first-order valence-corrected chi connectivity index (χ1v) is 8.18. The van der Waals surface area contributed by atoms with Gasteiger partial charge in [0.2, 0.25) is 0 Å². The zero-order valence-corrected chi connectivity index (χ0v) is 14.1. The van der Waals surface area contributed by atoms with Crippen LogP contribution in [0.4, 0.5) is 0 Å². The molecule has 3 aromatic rings. The lowest BCUT2D eigenvalue weighted by molar-refractivity contribution is -0.112. The average molecular weight is 332 g/mol. The van der Waals surface area contributed by atoms with E-state index in [1.807, 2.05) is 48.5 Å².